The van der Waals surface area contributed by atoms with E-state index in [-0.39, 0.29) is 23.4 Å². The van der Waals surface area contributed by atoms with Gasteiger partial charge in [-0.1, -0.05) is 0 Å². The Morgan fingerprint density at radius 3 is 2.47 bits per heavy atom. The van der Waals surface area contributed by atoms with Crippen molar-refractivity contribution in [2.24, 2.45) is 20.0 Å². The fraction of sp³-hybridized carbons (Fsp3) is 0.478. The third-order valence-electron chi connectivity index (χ3n) is 6.44. The smallest absolute Gasteiger partial charge is 0.328 e. The number of nitrogens with one attached hydrogen (secondary N) is 1. The van der Waals surface area contributed by atoms with Crippen molar-refractivity contribution in [2.45, 2.75) is 39.7 Å². The number of hydrogen-bond acceptors (Lipinski definition) is 4. The van der Waals surface area contributed by atoms with E-state index in [1.54, 1.807) is 40.0 Å². The second-order valence-electron chi connectivity index (χ2n) is 8.58. The molecule has 4 rings (SSSR count). The van der Waals surface area contributed by atoms with E-state index in [1.165, 1.54) is 0 Å². The van der Waals surface area contributed by atoms with Crippen molar-refractivity contribution < 1.29 is 9.59 Å². The highest BCUT2D eigenvalue weighted by molar-refractivity contribution is 5.97. The van der Waals surface area contributed by atoms with Gasteiger partial charge in [0.2, 0.25) is 5.91 Å². The molecule has 0 spiro atoms. The zero-order chi connectivity index (χ0) is 23.0. The zero-order valence-electron chi connectivity index (χ0n) is 19.1. The van der Waals surface area contributed by atoms with Crippen molar-refractivity contribution in [3.8, 4) is 0 Å². The van der Waals surface area contributed by atoms with Gasteiger partial charge < -0.3 is 10.2 Å². The summed E-state index contributed by atoms with van der Waals surface area (Å²) in [5.41, 5.74) is 3.60. The van der Waals surface area contributed by atoms with Gasteiger partial charge in [-0.2, -0.15) is 5.10 Å². The normalized spacial score (nSPS) is 14.8. The highest BCUT2D eigenvalue weighted by Crippen LogP contribution is 2.24. The van der Waals surface area contributed by atoms with Crippen molar-refractivity contribution in [1.82, 2.24) is 23.8 Å². The molecule has 1 aromatic carbocycles. The van der Waals surface area contributed by atoms with Gasteiger partial charge in [-0.05, 0) is 50.8 Å². The van der Waals surface area contributed by atoms with Crippen LogP contribution in [0.25, 0.3) is 11.0 Å². The van der Waals surface area contributed by atoms with Crippen LogP contribution in [0.4, 0.5) is 5.69 Å². The lowest BCUT2D eigenvalue weighted by Crippen LogP contribution is -2.39. The van der Waals surface area contributed by atoms with Crippen LogP contribution in [0.1, 0.15) is 42.2 Å². The maximum absolute atomic E-state index is 13.0. The Kier molecular flexibility index (Phi) is 5.90. The summed E-state index contributed by atoms with van der Waals surface area (Å²) in [6.07, 6.45) is 3.88. The number of hydrogen-bond donors (Lipinski definition) is 1. The fourth-order valence-corrected chi connectivity index (χ4v) is 4.43. The number of aromatic nitrogens is 4. The number of amides is 2. The topological polar surface area (TPSA) is 94.2 Å². The largest absolute Gasteiger partial charge is 0.339 e. The Morgan fingerprint density at radius 1 is 1.12 bits per heavy atom. The van der Waals surface area contributed by atoms with Crippen LogP contribution >= 0.6 is 0 Å². The molecule has 0 unspecified atom stereocenters. The minimum atomic E-state index is -0.110. The van der Waals surface area contributed by atoms with Gasteiger partial charge in [-0.3, -0.25) is 23.4 Å². The summed E-state index contributed by atoms with van der Waals surface area (Å²) in [7, 11) is 3.44. The molecule has 170 valence electrons. The molecule has 0 aliphatic carbocycles. The molecule has 2 aromatic heterocycles. The standard InChI is InChI=1S/C23H30N6O3/c1-5-29-14-18(15(2)25-29)24-21(30)12-16-8-10-28(11-9-16)22(31)17-6-7-19-20(13-17)27(4)23(32)26(19)3/h6-7,13-14,16H,5,8-12H2,1-4H3,(H,24,30). The molecule has 2 amide bonds. The van der Waals surface area contributed by atoms with Crippen LogP contribution < -0.4 is 11.0 Å². The molecule has 9 heteroatoms. The van der Waals surface area contributed by atoms with Crippen molar-refractivity contribution in [1.29, 1.82) is 0 Å². The maximum Gasteiger partial charge on any atom is 0.328 e. The summed E-state index contributed by atoms with van der Waals surface area (Å²) in [4.78, 5) is 39.5. The zero-order valence-corrected chi connectivity index (χ0v) is 19.1. The Labute approximate surface area is 186 Å². The third kappa shape index (κ3) is 4.06. The summed E-state index contributed by atoms with van der Waals surface area (Å²) >= 11 is 0. The van der Waals surface area contributed by atoms with Gasteiger partial charge >= 0.3 is 5.69 Å². The molecule has 1 N–H and O–H groups in total. The molecular weight excluding hydrogens is 408 g/mol. The van der Waals surface area contributed by atoms with Crippen molar-refractivity contribution in [3.63, 3.8) is 0 Å². The number of likely N-dealkylation sites (tertiary alicyclic amines) is 1. The van der Waals surface area contributed by atoms with E-state index in [0.29, 0.717) is 25.1 Å². The van der Waals surface area contributed by atoms with E-state index in [4.69, 9.17) is 0 Å². The molecule has 1 fully saturated rings. The lowest BCUT2D eigenvalue weighted by atomic mass is 9.92. The molecular formula is C23H30N6O3. The molecule has 9 nitrogen and oxygen atoms in total. The van der Waals surface area contributed by atoms with Crippen LogP contribution in [0, 0.1) is 12.8 Å². The van der Waals surface area contributed by atoms with Crippen molar-refractivity contribution in [3.05, 3.63) is 46.1 Å². The van der Waals surface area contributed by atoms with Gasteiger partial charge in [0.25, 0.3) is 5.91 Å². The predicted octanol–water partition coefficient (Wildman–Crippen LogP) is 2.28. The maximum atomic E-state index is 13.0. The molecule has 0 radical (unpaired) electrons. The molecule has 3 aromatic rings. The summed E-state index contributed by atoms with van der Waals surface area (Å²) < 4.78 is 4.94. The molecule has 1 aliphatic heterocycles. The molecule has 0 atom stereocenters. The molecule has 0 saturated carbocycles. The van der Waals surface area contributed by atoms with Crippen LogP contribution in [0.3, 0.4) is 0 Å². The number of aryl methyl sites for hydroxylation is 4. The average molecular weight is 439 g/mol. The number of benzene rings is 1. The van der Waals surface area contributed by atoms with E-state index >= 15 is 0 Å². The molecule has 1 aliphatic rings. The number of carbonyl (C=O) groups is 2. The number of anilines is 1. The molecule has 3 heterocycles. The first-order chi connectivity index (χ1) is 15.3. The van der Waals surface area contributed by atoms with E-state index < -0.39 is 0 Å². The monoisotopic (exact) mass is 438 g/mol. The summed E-state index contributed by atoms with van der Waals surface area (Å²) in [6, 6.07) is 5.39. The Bertz CT molecular complexity index is 1230. The first kappa shape index (κ1) is 21.9. The Balaban J connectivity index is 1.35. The summed E-state index contributed by atoms with van der Waals surface area (Å²) in [5, 5.41) is 7.32. The highest BCUT2D eigenvalue weighted by Gasteiger charge is 2.26. The number of imidazole rings is 1. The number of fused-ring (bicyclic) bond motifs is 1. The third-order valence-corrected chi connectivity index (χ3v) is 6.44. The van der Waals surface area contributed by atoms with Crippen LogP contribution in [0.5, 0.6) is 0 Å². The summed E-state index contributed by atoms with van der Waals surface area (Å²) in [6.45, 7) is 5.89. The van der Waals surface area contributed by atoms with E-state index in [1.807, 2.05) is 31.0 Å². The quantitative estimate of drug-likeness (QED) is 0.661. The fourth-order valence-electron chi connectivity index (χ4n) is 4.43. The lowest BCUT2D eigenvalue weighted by Gasteiger charge is -2.31. The second-order valence-corrected chi connectivity index (χ2v) is 8.58. The minimum Gasteiger partial charge on any atom is -0.339 e. The lowest BCUT2D eigenvalue weighted by molar-refractivity contribution is -0.117. The van der Waals surface area contributed by atoms with E-state index in [2.05, 4.69) is 10.4 Å². The average Bonchev–Trinajstić information content (AvgIpc) is 3.25. The number of carbonyl (C=O) groups excluding carboxylic acids is 2. The molecule has 1 saturated heterocycles. The van der Waals surface area contributed by atoms with Crippen molar-refractivity contribution >= 4 is 28.5 Å². The van der Waals surface area contributed by atoms with Gasteiger partial charge in [-0.15, -0.1) is 0 Å². The number of nitrogens with zero attached hydrogens (tertiary/aromatic N) is 5. The van der Waals surface area contributed by atoms with Gasteiger partial charge in [0.15, 0.2) is 0 Å². The predicted molar refractivity (Wildman–Crippen MR) is 123 cm³/mol. The van der Waals surface area contributed by atoms with Gasteiger partial charge in [-0.25, -0.2) is 4.79 Å². The van der Waals surface area contributed by atoms with E-state index in [0.717, 1.165) is 41.8 Å². The van der Waals surface area contributed by atoms with Gasteiger partial charge in [0, 0.05) is 51.9 Å². The van der Waals surface area contributed by atoms with Crippen LogP contribution in [0.2, 0.25) is 0 Å². The minimum absolute atomic E-state index is 0.0102. The SMILES string of the molecule is CCn1cc(NC(=O)CC2CCN(C(=O)c3ccc4c(c3)n(C)c(=O)n4C)CC2)c(C)n1. The first-order valence-corrected chi connectivity index (χ1v) is 11.1. The molecule has 32 heavy (non-hydrogen) atoms. The first-order valence-electron chi connectivity index (χ1n) is 11.1. The Morgan fingerprint density at radius 2 is 1.81 bits per heavy atom. The second kappa shape index (κ2) is 8.64. The number of rotatable bonds is 5. The van der Waals surface area contributed by atoms with Gasteiger partial charge in [0.1, 0.15) is 0 Å². The molecule has 0 bridgehead atoms. The number of piperidine rings is 1. The van der Waals surface area contributed by atoms with Crippen LogP contribution in [0.15, 0.2) is 29.2 Å². The highest BCUT2D eigenvalue weighted by atomic mass is 16.2. The van der Waals surface area contributed by atoms with Crippen molar-refractivity contribution in [2.75, 3.05) is 18.4 Å². The van der Waals surface area contributed by atoms with Gasteiger partial charge in [0.05, 0.1) is 22.4 Å². The summed E-state index contributed by atoms with van der Waals surface area (Å²) in [5.74, 6) is 0.204. The van der Waals surface area contributed by atoms with Crippen LogP contribution in [-0.4, -0.2) is 48.7 Å². The van der Waals surface area contributed by atoms with Crippen LogP contribution in [-0.2, 0) is 25.4 Å². The van der Waals surface area contributed by atoms with E-state index in [9.17, 15) is 14.4 Å². The Hall–Kier alpha value is -3.36.